The van der Waals surface area contributed by atoms with Gasteiger partial charge >= 0.3 is 0 Å². The zero-order valence-electron chi connectivity index (χ0n) is 14.1. The van der Waals surface area contributed by atoms with Crippen LogP contribution >= 0.6 is 0 Å². The van der Waals surface area contributed by atoms with Gasteiger partial charge in [-0.2, -0.15) is 0 Å². The van der Waals surface area contributed by atoms with E-state index in [4.69, 9.17) is 0 Å². The molecule has 0 bridgehead atoms. The molecular weight excluding hydrogens is 300 g/mol. The molecule has 0 fully saturated rings. The van der Waals surface area contributed by atoms with Crippen molar-refractivity contribution in [2.75, 3.05) is 13.6 Å². The Kier molecular flexibility index (Phi) is 5.26. The fraction of sp³-hybridized carbons (Fsp3) is 0.400. The second-order valence-corrected chi connectivity index (χ2v) is 6.48. The highest BCUT2D eigenvalue weighted by molar-refractivity contribution is 5.94. The van der Waals surface area contributed by atoms with Crippen LogP contribution in [0.3, 0.4) is 0 Å². The average molecular weight is 324 g/mol. The van der Waals surface area contributed by atoms with Crippen molar-refractivity contribution < 1.29 is 9.90 Å². The van der Waals surface area contributed by atoms with E-state index in [0.29, 0.717) is 18.5 Å². The Morgan fingerprint density at radius 1 is 1.25 bits per heavy atom. The number of aromatic nitrogens is 1. The van der Waals surface area contributed by atoms with Gasteiger partial charge in [-0.3, -0.25) is 9.78 Å². The Balaban J connectivity index is 1.60. The zero-order valence-corrected chi connectivity index (χ0v) is 14.1. The SMILES string of the molecule is CN(CC[C@@H](O)c1ccccc1)C(=O)c1cnc2c(c1)CCCC2. The quantitative estimate of drug-likeness (QED) is 0.919. The molecule has 3 rings (SSSR count). The molecule has 0 saturated heterocycles. The normalized spacial score (nSPS) is 14.8. The van der Waals surface area contributed by atoms with Crippen LogP contribution in [0.4, 0.5) is 0 Å². The van der Waals surface area contributed by atoms with E-state index in [1.807, 2.05) is 36.4 Å². The van der Waals surface area contributed by atoms with Crippen LogP contribution in [0, 0.1) is 0 Å². The summed E-state index contributed by atoms with van der Waals surface area (Å²) in [4.78, 5) is 18.7. The van der Waals surface area contributed by atoms with Gasteiger partial charge in [0.15, 0.2) is 0 Å². The fourth-order valence-electron chi connectivity index (χ4n) is 3.18. The van der Waals surface area contributed by atoms with Gasteiger partial charge in [0, 0.05) is 25.5 Å². The second kappa shape index (κ2) is 7.58. The molecule has 4 nitrogen and oxygen atoms in total. The summed E-state index contributed by atoms with van der Waals surface area (Å²) in [6.07, 6.45) is 6.04. The maximum atomic E-state index is 12.6. The number of amides is 1. The van der Waals surface area contributed by atoms with Crippen LogP contribution in [0.25, 0.3) is 0 Å². The number of hydrogen-bond acceptors (Lipinski definition) is 3. The van der Waals surface area contributed by atoms with E-state index >= 15 is 0 Å². The summed E-state index contributed by atoms with van der Waals surface area (Å²) in [6.45, 7) is 0.506. The molecule has 126 valence electrons. The minimum atomic E-state index is -0.553. The number of carbonyl (C=O) groups excluding carboxylic acids is 1. The summed E-state index contributed by atoms with van der Waals surface area (Å²) in [5, 5.41) is 10.2. The lowest BCUT2D eigenvalue weighted by Crippen LogP contribution is -2.29. The summed E-state index contributed by atoms with van der Waals surface area (Å²) < 4.78 is 0. The fourth-order valence-corrected chi connectivity index (χ4v) is 3.18. The molecule has 2 aromatic rings. The molecular formula is C20H24N2O2. The third-order valence-corrected chi connectivity index (χ3v) is 4.69. The third kappa shape index (κ3) is 3.82. The number of pyridine rings is 1. The first kappa shape index (κ1) is 16.7. The monoisotopic (exact) mass is 324 g/mol. The maximum absolute atomic E-state index is 12.6. The molecule has 0 saturated carbocycles. The van der Waals surface area contributed by atoms with Gasteiger partial charge in [0.1, 0.15) is 0 Å². The maximum Gasteiger partial charge on any atom is 0.255 e. The Morgan fingerprint density at radius 2 is 2.00 bits per heavy atom. The minimum absolute atomic E-state index is 0.0314. The number of fused-ring (bicyclic) bond motifs is 1. The van der Waals surface area contributed by atoms with Crippen molar-refractivity contribution in [3.63, 3.8) is 0 Å². The number of aryl methyl sites for hydroxylation is 2. The van der Waals surface area contributed by atoms with Crippen LogP contribution in [-0.2, 0) is 12.8 Å². The van der Waals surface area contributed by atoms with Crippen LogP contribution in [0.15, 0.2) is 42.6 Å². The molecule has 0 spiro atoms. The Hall–Kier alpha value is -2.20. The molecule has 1 aliphatic rings. The summed E-state index contributed by atoms with van der Waals surface area (Å²) in [7, 11) is 1.78. The zero-order chi connectivity index (χ0) is 16.9. The Bertz CT molecular complexity index is 700. The standard InChI is InChI=1S/C20H24N2O2/c1-22(12-11-19(23)15-7-3-2-4-8-15)20(24)17-13-16-9-5-6-10-18(16)21-14-17/h2-4,7-8,13-14,19,23H,5-6,9-12H2,1H3/t19-/m1/s1. The first-order valence-electron chi connectivity index (χ1n) is 8.61. The first-order valence-corrected chi connectivity index (χ1v) is 8.61. The number of nitrogens with zero attached hydrogens (tertiary/aromatic N) is 2. The number of hydrogen-bond donors (Lipinski definition) is 1. The summed E-state index contributed by atoms with van der Waals surface area (Å²) >= 11 is 0. The predicted octanol–water partition coefficient (Wildman–Crippen LogP) is 3.16. The van der Waals surface area contributed by atoms with E-state index in [2.05, 4.69) is 4.98 Å². The number of benzene rings is 1. The van der Waals surface area contributed by atoms with Gasteiger partial charge in [-0.25, -0.2) is 0 Å². The molecule has 1 heterocycles. The molecule has 1 atom stereocenters. The number of aliphatic hydroxyl groups is 1. The molecule has 24 heavy (non-hydrogen) atoms. The van der Waals surface area contributed by atoms with Gasteiger partial charge in [-0.1, -0.05) is 30.3 Å². The van der Waals surface area contributed by atoms with Crippen molar-refractivity contribution in [3.05, 3.63) is 65.0 Å². The molecule has 1 aliphatic carbocycles. The predicted molar refractivity (Wildman–Crippen MR) is 93.9 cm³/mol. The molecule has 0 radical (unpaired) electrons. The number of carbonyl (C=O) groups is 1. The van der Waals surface area contributed by atoms with Crippen molar-refractivity contribution in [1.82, 2.24) is 9.88 Å². The van der Waals surface area contributed by atoms with Gasteiger partial charge < -0.3 is 10.0 Å². The van der Waals surface area contributed by atoms with Crippen LogP contribution < -0.4 is 0 Å². The Morgan fingerprint density at radius 3 is 2.79 bits per heavy atom. The van der Waals surface area contributed by atoms with Crippen molar-refractivity contribution in [2.45, 2.75) is 38.2 Å². The van der Waals surface area contributed by atoms with Crippen molar-refractivity contribution in [1.29, 1.82) is 0 Å². The molecule has 4 heteroatoms. The van der Waals surface area contributed by atoms with Gasteiger partial charge in [0.2, 0.25) is 0 Å². The number of aliphatic hydroxyl groups excluding tert-OH is 1. The van der Waals surface area contributed by atoms with Crippen molar-refractivity contribution >= 4 is 5.91 Å². The highest BCUT2D eigenvalue weighted by Gasteiger charge is 2.17. The van der Waals surface area contributed by atoms with E-state index in [1.165, 1.54) is 18.4 Å². The summed E-state index contributed by atoms with van der Waals surface area (Å²) in [5.74, 6) is -0.0314. The van der Waals surface area contributed by atoms with Gasteiger partial charge in [-0.15, -0.1) is 0 Å². The van der Waals surface area contributed by atoms with Gasteiger partial charge in [-0.05, 0) is 49.3 Å². The van der Waals surface area contributed by atoms with E-state index < -0.39 is 6.10 Å². The van der Waals surface area contributed by atoms with Crippen molar-refractivity contribution in [3.8, 4) is 0 Å². The lowest BCUT2D eigenvalue weighted by Gasteiger charge is -2.21. The van der Waals surface area contributed by atoms with Gasteiger partial charge in [0.25, 0.3) is 5.91 Å². The molecule has 1 amide bonds. The number of rotatable bonds is 5. The molecule has 0 unspecified atom stereocenters. The lowest BCUT2D eigenvalue weighted by atomic mass is 9.95. The van der Waals surface area contributed by atoms with Crippen molar-refractivity contribution in [2.24, 2.45) is 0 Å². The van der Waals surface area contributed by atoms with Crippen LogP contribution in [0.2, 0.25) is 0 Å². The van der Waals surface area contributed by atoms with Crippen LogP contribution in [0.1, 0.15) is 52.5 Å². The molecule has 1 N–H and O–H groups in total. The smallest absolute Gasteiger partial charge is 0.255 e. The van der Waals surface area contributed by atoms with E-state index in [-0.39, 0.29) is 5.91 Å². The third-order valence-electron chi connectivity index (χ3n) is 4.69. The van der Waals surface area contributed by atoms with E-state index in [9.17, 15) is 9.90 Å². The lowest BCUT2D eigenvalue weighted by molar-refractivity contribution is 0.0760. The second-order valence-electron chi connectivity index (χ2n) is 6.48. The van der Waals surface area contributed by atoms with E-state index in [0.717, 1.165) is 24.1 Å². The minimum Gasteiger partial charge on any atom is -0.388 e. The summed E-state index contributed by atoms with van der Waals surface area (Å²) in [5.41, 5.74) is 3.88. The molecule has 1 aromatic heterocycles. The molecule has 1 aromatic carbocycles. The highest BCUT2D eigenvalue weighted by Crippen LogP contribution is 2.21. The average Bonchev–Trinajstić information content (AvgIpc) is 2.65. The largest absolute Gasteiger partial charge is 0.388 e. The first-order chi connectivity index (χ1) is 11.6. The molecule has 0 aliphatic heterocycles. The highest BCUT2D eigenvalue weighted by atomic mass is 16.3. The Labute approximate surface area is 143 Å². The van der Waals surface area contributed by atoms with Crippen LogP contribution in [-0.4, -0.2) is 34.5 Å². The van der Waals surface area contributed by atoms with Crippen LogP contribution in [0.5, 0.6) is 0 Å². The topological polar surface area (TPSA) is 53.4 Å². The van der Waals surface area contributed by atoms with Gasteiger partial charge in [0.05, 0.1) is 11.7 Å². The summed E-state index contributed by atoms with van der Waals surface area (Å²) in [6, 6.07) is 11.5. The van der Waals surface area contributed by atoms with E-state index in [1.54, 1.807) is 18.1 Å².